The van der Waals surface area contributed by atoms with Gasteiger partial charge in [0.1, 0.15) is 5.75 Å². The monoisotopic (exact) mass is 452 g/mol. The molecule has 0 saturated heterocycles. The molecule has 1 fully saturated rings. The Kier molecular flexibility index (Phi) is 7.12. The summed E-state index contributed by atoms with van der Waals surface area (Å²) in [5, 5.41) is 13.6. The third-order valence-corrected chi connectivity index (χ3v) is 6.99. The second kappa shape index (κ2) is 10.0. The molecule has 1 aliphatic rings. The molecule has 8 heteroatoms. The summed E-state index contributed by atoms with van der Waals surface area (Å²) >= 11 is 0. The maximum atomic E-state index is 13.0. The van der Waals surface area contributed by atoms with Crippen LogP contribution in [0.3, 0.4) is 0 Å². The molecule has 2 aromatic heterocycles. The van der Waals surface area contributed by atoms with E-state index in [0.717, 1.165) is 47.3 Å². The normalized spacial score (nSPS) is 15.4. The highest BCUT2D eigenvalue weighted by molar-refractivity contribution is 5.80. The molecule has 0 unspecified atom stereocenters. The molecule has 0 aliphatic heterocycles. The number of nitrogens with zero attached hydrogens (tertiary/aromatic N) is 5. The lowest BCUT2D eigenvalue weighted by Gasteiger charge is -2.34. The Bertz CT molecular complexity index is 1130. The zero-order chi connectivity index (χ0) is 23.4. The van der Waals surface area contributed by atoms with E-state index in [1.54, 1.807) is 0 Å². The van der Waals surface area contributed by atoms with E-state index in [-0.39, 0.29) is 11.1 Å². The van der Waals surface area contributed by atoms with Crippen LogP contribution in [0.5, 0.6) is 5.75 Å². The summed E-state index contributed by atoms with van der Waals surface area (Å²) < 4.78 is 7.60. The van der Waals surface area contributed by atoms with E-state index < -0.39 is 0 Å². The third-order valence-electron chi connectivity index (χ3n) is 6.99. The summed E-state index contributed by atoms with van der Waals surface area (Å²) in [6.07, 6.45) is 6.93. The molecule has 8 nitrogen and oxygen atoms in total. The number of H-pyrrole nitrogens is 1. The van der Waals surface area contributed by atoms with Gasteiger partial charge in [-0.3, -0.25) is 9.69 Å². The van der Waals surface area contributed by atoms with Crippen LogP contribution < -0.4 is 10.3 Å². The van der Waals surface area contributed by atoms with Crippen LogP contribution in [0.25, 0.3) is 10.9 Å². The Hall–Kier alpha value is -2.74. The van der Waals surface area contributed by atoms with Crippen LogP contribution in [0.4, 0.5) is 0 Å². The van der Waals surface area contributed by atoms with Gasteiger partial charge >= 0.3 is 0 Å². The lowest BCUT2D eigenvalue weighted by molar-refractivity contribution is 0.129. The fourth-order valence-corrected chi connectivity index (χ4v) is 4.69. The minimum Gasteiger partial charge on any atom is -0.494 e. The van der Waals surface area contributed by atoms with Crippen LogP contribution in [0.15, 0.2) is 29.1 Å². The molecular weight excluding hydrogens is 416 g/mol. The largest absolute Gasteiger partial charge is 0.494 e. The average Bonchev–Trinajstić information content (AvgIpc) is 3.29. The van der Waals surface area contributed by atoms with Crippen LogP contribution in [0.2, 0.25) is 0 Å². The highest BCUT2D eigenvalue weighted by atomic mass is 16.5. The van der Waals surface area contributed by atoms with Crippen LogP contribution in [-0.2, 0) is 18.6 Å². The number of rotatable bonds is 9. The summed E-state index contributed by atoms with van der Waals surface area (Å²) in [6.45, 7) is 10.2. The summed E-state index contributed by atoms with van der Waals surface area (Å²) in [6, 6.07) is 8.22. The number of aromatic amines is 1. The first-order valence-electron chi connectivity index (χ1n) is 12.2. The van der Waals surface area contributed by atoms with Crippen molar-refractivity contribution in [1.82, 2.24) is 30.1 Å². The molecule has 33 heavy (non-hydrogen) atoms. The molecule has 2 heterocycles. The van der Waals surface area contributed by atoms with Crippen molar-refractivity contribution in [3.63, 3.8) is 0 Å². The van der Waals surface area contributed by atoms with Gasteiger partial charge in [0.15, 0.2) is 5.82 Å². The molecule has 4 rings (SSSR count). The lowest BCUT2D eigenvalue weighted by Crippen LogP contribution is -2.39. The van der Waals surface area contributed by atoms with Crippen molar-refractivity contribution in [3.05, 3.63) is 46.0 Å². The number of ether oxygens (including phenoxy) is 1. The Morgan fingerprint density at radius 1 is 1.15 bits per heavy atom. The van der Waals surface area contributed by atoms with E-state index in [1.807, 2.05) is 35.9 Å². The Labute approximate surface area is 195 Å². The zero-order valence-corrected chi connectivity index (χ0v) is 20.3. The fourth-order valence-electron chi connectivity index (χ4n) is 4.69. The minimum atomic E-state index is -0.160. The van der Waals surface area contributed by atoms with Crippen molar-refractivity contribution in [1.29, 1.82) is 0 Å². The van der Waals surface area contributed by atoms with Crippen LogP contribution in [-0.4, -0.2) is 42.7 Å². The van der Waals surface area contributed by atoms with Crippen molar-refractivity contribution in [2.45, 2.75) is 90.9 Å². The first-order valence-corrected chi connectivity index (χ1v) is 12.2. The Morgan fingerprint density at radius 2 is 1.94 bits per heavy atom. The number of hydrogen-bond acceptors (Lipinski definition) is 6. The summed E-state index contributed by atoms with van der Waals surface area (Å²) in [5.74, 6) is 1.66. The first-order chi connectivity index (χ1) is 15.9. The van der Waals surface area contributed by atoms with Crippen LogP contribution in [0.1, 0.15) is 77.6 Å². The molecule has 1 N–H and O–H groups in total. The van der Waals surface area contributed by atoms with E-state index in [0.29, 0.717) is 25.7 Å². The number of aromatic nitrogens is 5. The van der Waals surface area contributed by atoms with Gasteiger partial charge in [-0.25, -0.2) is 4.68 Å². The lowest BCUT2D eigenvalue weighted by atomic mass is 9.93. The van der Waals surface area contributed by atoms with Gasteiger partial charge in [-0.1, -0.05) is 26.2 Å². The van der Waals surface area contributed by atoms with Crippen molar-refractivity contribution in [2.24, 2.45) is 0 Å². The minimum absolute atomic E-state index is 0.0408. The number of pyridine rings is 1. The van der Waals surface area contributed by atoms with Crippen LogP contribution >= 0.6 is 0 Å². The van der Waals surface area contributed by atoms with E-state index in [2.05, 4.69) is 46.2 Å². The quantitative estimate of drug-likeness (QED) is 0.518. The van der Waals surface area contributed by atoms with Gasteiger partial charge in [0.2, 0.25) is 0 Å². The topological polar surface area (TPSA) is 88.9 Å². The standard InChI is InChI=1S/C25H36N6O2/c1-5-25(3,4)31-23(27-28-29-31)17-30(20-10-8-7-9-11-20)16-19-14-18-15-21(33-6-2)12-13-22(18)26-24(19)32/h12-15,20H,5-11,16-17H2,1-4H3,(H,26,32). The molecule has 1 aromatic carbocycles. The highest BCUT2D eigenvalue weighted by Crippen LogP contribution is 2.27. The average molecular weight is 453 g/mol. The SMILES string of the molecule is CCOc1ccc2[nH]c(=O)c(CN(Cc3nnnn3C(C)(C)CC)C3CCCCC3)cc2c1. The van der Waals surface area contributed by atoms with Gasteiger partial charge in [-0.05, 0) is 74.7 Å². The molecule has 0 radical (unpaired) electrons. The van der Waals surface area contributed by atoms with Crippen molar-refractivity contribution < 1.29 is 4.74 Å². The van der Waals surface area contributed by atoms with E-state index in [4.69, 9.17) is 4.74 Å². The highest BCUT2D eigenvalue weighted by Gasteiger charge is 2.28. The maximum Gasteiger partial charge on any atom is 0.252 e. The molecule has 0 spiro atoms. The first kappa shape index (κ1) is 23.4. The number of benzene rings is 1. The number of nitrogens with one attached hydrogen (secondary N) is 1. The third kappa shape index (κ3) is 5.27. The van der Waals surface area contributed by atoms with E-state index in [9.17, 15) is 4.79 Å². The molecule has 0 amide bonds. The fraction of sp³-hybridized carbons (Fsp3) is 0.600. The molecular formula is C25H36N6O2. The number of hydrogen-bond donors (Lipinski definition) is 1. The Morgan fingerprint density at radius 3 is 2.67 bits per heavy atom. The van der Waals surface area contributed by atoms with Crippen molar-refractivity contribution in [2.75, 3.05) is 6.61 Å². The molecule has 1 saturated carbocycles. The molecule has 178 valence electrons. The van der Waals surface area contributed by atoms with Gasteiger partial charge in [0, 0.05) is 29.1 Å². The van der Waals surface area contributed by atoms with Gasteiger partial charge < -0.3 is 9.72 Å². The predicted molar refractivity (Wildman–Crippen MR) is 129 cm³/mol. The summed E-state index contributed by atoms with van der Waals surface area (Å²) in [4.78, 5) is 18.4. The van der Waals surface area contributed by atoms with Crippen LogP contribution in [0, 0.1) is 0 Å². The van der Waals surface area contributed by atoms with Gasteiger partial charge in [0.25, 0.3) is 5.56 Å². The maximum absolute atomic E-state index is 13.0. The van der Waals surface area contributed by atoms with E-state index >= 15 is 0 Å². The Balaban J connectivity index is 1.66. The van der Waals surface area contributed by atoms with E-state index in [1.165, 1.54) is 19.3 Å². The van der Waals surface area contributed by atoms with Gasteiger partial charge in [-0.2, -0.15) is 0 Å². The summed E-state index contributed by atoms with van der Waals surface area (Å²) in [5.41, 5.74) is 1.38. The molecule has 3 aromatic rings. The predicted octanol–water partition coefficient (Wildman–Crippen LogP) is 4.39. The molecule has 0 atom stereocenters. The van der Waals surface area contributed by atoms with Crippen molar-refractivity contribution >= 4 is 10.9 Å². The second-order valence-corrected chi connectivity index (χ2v) is 9.68. The van der Waals surface area contributed by atoms with Gasteiger partial charge in [0.05, 0.1) is 18.7 Å². The van der Waals surface area contributed by atoms with Gasteiger partial charge in [-0.15, -0.1) is 5.10 Å². The summed E-state index contributed by atoms with van der Waals surface area (Å²) in [7, 11) is 0. The molecule has 0 bridgehead atoms. The number of fused-ring (bicyclic) bond motifs is 1. The smallest absolute Gasteiger partial charge is 0.252 e. The second-order valence-electron chi connectivity index (χ2n) is 9.68. The number of tetrazole rings is 1. The zero-order valence-electron chi connectivity index (χ0n) is 20.3. The molecule has 1 aliphatic carbocycles. The van der Waals surface area contributed by atoms with Crippen molar-refractivity contribution in [3.8, 4) is 5.75 Å².